The second kappa shape index (κ2) is 12.9. The second-order valence-electron chi connectivity index (χ2n) is 8.39. The molecule has 0 saturated heterocycles. The largest absolute Gasteiger partial charge is 0.139 e. The van der Waals surface area contributed by atoms with Gasteiger partial charge in [-0.1, -0.05) is 178 Å². The Morgan fingerprint density at radius 2 is 0.611 bits per heavy atom. The summed E-state index contributed by atoms with van der Waals surface area (Å²) in [4.78, 5) is 0. The Morgan fingerprint density at radius 3 is 0.917 bits per heavy atom. The number of rotatable bonds is 4. The number of hydrogen-bond acceptors (Lipinski definition) is 0. The molecule has 0 N–H and O–H groups in total. The van der Waals surface area contributed by atoms with Gasteiger partial charge in [0, 0.05) is 0 Å². The van der Waals surface area contributed by atoms with Crippen molar-refractivity contribution in [1.29, 1.82) is 0 Å². The molecule has 36 heavy (non-hydrogen) atoms. The summed E-state index contributed by atoms with van der Waals surface area (Å²) < 4.78 is 0. The van der Waals surface area contributed by atoms with Crippen molar-refractivity contribution in [1.82, 2.24) is 0 Å². The van der Waals surface area contributed by atoms with Gasteiger partial charge in [0.15, 0.2) is 0 Å². The van der Waals surface area contributed by atoms with Crippen LogP contribution in [-0.4, -0.2) is 17.6 Å². The maximum absolute atomic E-state index is 2.51. The molecule has 1 heterocycles. The van der Waals surface area contributed by atoms with Gasteiger partial charge in [-0.05, 0) is 26.5 Å². The third-order valence-electron chi connectivity index (χ3n) is 5.98. The van der Waals surface area contributed by atoms with Crippen LogP contribution in [0.5, 0.6) is 0 Å². The van der Waals surface area contributed by atoms with E-state index in [0.29, 0.717) is 0 Å². The van der Waals surface area contributed by atoms with Gasteiger partial charge in [-0.3, -0.25) is 0 Å². The Bertz CT molecular complexity index is 1100. The topological polar surface area (TPSA) is 0 Å². The zero-order chi connectivity index (χ0) is 24.4. The molecule has 1 aliphatic heterocycles. The maximum Gasteiger partial charge on any atom is 0.139 e. The molecule has 1 aliphatic rings. The smallest absolute Gasteiger partial charge is 0.0866 e. The lowest BCUT2D eigenvalue weighted by molar-refractivity contribution is 1.76. The zero-order valence-electron chi connectivity index (χ0n) is 20.1. The van der Waals surface area contributed by atoms with E-state index in [9.17, 15) is 0 Å². The van der Waals surface area contributed by atoms with Crippen LogP contribution in [0.4, 0.5) is 0 Å². The van der Waals surface area contributed by atoms with Crippen molar-refractivity contribution in [2.45, 2.75) is 0 Å². The maximum atomic E-state index is 2.51. The van der Waals surface area contributed by atoms with Gasteiger partial charge in [-0.2, -0.15) is 0 Å². The molecule has 2 radical (unpaired) electrons. The van der Waals surface area contributed by atoms with E-state index in [1.807, 2.05) is 0 Å². The van der Waals surface area contributed by atoms with Crippen LogP contribution in [0.2, 0.25) is 0 Å². The Labute approximate surface area is 221 Å². The van der Waals surface area contributed by atoms with Gasteiger partial charge in [0.25, 0.3) is 0 Å². The fraction of sp³-hybridized carbons (Fsp3) is 0. The molecule has 0 spiro atoms. The van der Waals surface area contributed by atoms with E-state index in [-0.39, 0.29) is 0 Å². The molecule has 0 nitrogen and oxygen atoms in total. The van der Waals surface area contributed by atoms with Gasteiger partial charge in [0.1, 0.15) is 17.6 Å². The minimum atomic E-state index is -0.983. The van der Waals surface area contributed by atoms with Crippen molar-refractivity contribution in [3.63, 3.8) is 0 Å². The summed E-state index contributed by atoms with van der Waals surface area (Å²) in [6.45, 7) is 0. The first-order chi connectivity index (χ1) is 17.9. The Morgan fingerprint density at radius 1 is 0.333 bits per heavy atom. The van der Waals surface area contributed by atoms with Crippen molar-refractivity contribution in [3.8, 4) is 0 Å². The monoisotopic (exact) mass is 530 g/mol. The summed E-state index contributed by atoms with van der Waals surface area (Å²) in [7, 11) is -3.01. The summed E-state index contributed by atoms with van der Waals surface area (Å²) >= 11 is 0. The molecule has 0 aliphatic carbocycles. The van der Waals surface area contributed by atoms with E-state index in [1.165, 1.54) is 21.0 Å². The van der Waals surface area contributed by atoms with E-state index >= 15 is 0 Å². The van der Waals surface area contributed by atoms with Crippen LogP contribution in [0.1, 0.15) is 0 Å². The van der Waals surface area contributed by atoms with E-state index in [0.717, 1.165) is 0 Å². The van der Waals surface area contributed by atoms with Crippen LogP contribution in [0.25, 0.3) is 0 Å². The third-order valence-corrected chi connectivity index (χ3v) is 14.9. The molecular weight excluding hydrogens is 502 g/mol. The molecular formula is C32H28P2Si2. The van der Waals surface area contributed by atoms with Crippen LogP contribution in [0.3, 0.4) is 0 Å². The van der Waals surface area contributed by atoms with Crippen molar-refractivity contribution < 1.29 is 0 Å². The molecule has 0 atom stereocenters. The van der Waals surface area contributed by atoms with Crippen molar-refractivity contribution >= 4 is 54.4 Å². The first kappa shape index (κ1) is 24.8. The molecule has 174 valence electrons. The van der Waals surface area contributed by atoms with Crippen molar-refractivity contribution in [2.75, 3.05) is 0 Å². The van der Waals surface area contributed by atoms with Gasteiger partial charge in [0.05, 0.1) is 0 Å². The highest BCUT2D eigenvalue weighted by Gasteiger charge is 2.14. The lowest BCUT2D eigenvalue weighted by Gasteiger charge is -2.16. The molecule has 0 bridgehead atoms. The average Bonchev–Trinajstić information content (AvgIpc) is 2.95. The van der Waals surface area contributed by atoms with Gasteiger partial charge in [-0.15, -0.1) is 0 Å². The number of hydrogen-bond donors (Lipinski definition) is 0. The minimum absolute atomic E-state index is 0.521. The summed E-state index contributed by atoms with van der Waals surface area (Å²) in [6, 6.07) is 44.0. The van der Waals surface area contributed by atoms with E-state index in [1.54, 1.807) is 0 Å². The van der Waals surface area contributed by atoms with Crippen LogP contribution in [0.15, 0.2) is 167 Å². The molecule has 4 aromatic carbocycles. The predicted octanol–water partition coefficient (Wildman–Crippen LogP) is 6.63. The summed E-state index contributed by atoms with van der Waals surface area (Å²) in [5.41, 5.74) is 10.0. The standard InChI is InChI=1S/C32H28P2Si2/c1-5-13-29(14-6-1)33-21-25-35(31-17-9-3-10-18-31)27-23-34(30-15-7-2-8-16-30)24-28-36(26-22-33)32-19-11-4-12-20-32/h1-28H/b25-21-,26-22-,27-23-,28-24-. The molecule has 4 heteroatoms. The summed E-state index contributed by atoms with van der Waals surface area (Å²) in [6.07, 6.45) is 0. The Hall–Kier alpha value is -2.87. The lowest BCUT2D eigenvalue weighted by atomic mass is 10.4. The van der Waals surface area contributed by atoms with Crippen LogP contribution in [-0.2, 0) is 0 Å². The van der Waals surface area contributed by atoms with Crippen molar-refractivity contribution in [3.05, 3.63) is 167 Å². The van der Waals surface area contributed by atoms with Crippen molar-refractivity contribution in [2.24, 2.45) is 0 Å². The normalized spacial score (nSPS) is 22.6. The minimum Gasteiger partial charge on any atom is -0.0866 e. The summed E-state index contributed by atoms with van der Waals surface area (Å²) in [5, 5.41) is 5.67. The fourth-order valence-corrected chi connectivity index (χ4v) is 13.2. The quantitative estimate of drug-likeness (QED) is 0.205. The Balaban J connectivity index is 1.60. The van der Waals surface area contributed by atoms with Gasteiger partial charge in [-0.25, -0.2) is 0 Å². The average molecular weight is 531 g/mol. The van der Waals surface area contributed by atoms with E-state index in [4.69, 9.17) is 0 Å². The summed E-state index contributed by atoms with van der Waals surface area (Å²) in [5.74, 6) is 9.97. The van der Waals surface area contributed by atoms with Gasteiger partial charge >= 0.3 is 0 Å². The molecule has 4 aromatic rings. The Kier molecular flexibility index (Phi) is 8.89. The lowest BCUT2D eigenvalue weighted by Crippen LogP contribution is -2.26. The fourth-order valence-electron chi connectivity index (χ4n) is 4.04. The molecule has 5 rings (SSSR count). The highest BCUT2D eigenvalue weighted by Crippen LogP contribution is 2.40. The molecule has 0 saturated carbocycles. The van der Waals surface area contributed by atoms with Crippen LogP contribution >= 0.6 is 15.8 Å². The molecule has 0 unspecified atom stereocenters. The molecule has 0 amide bonds. The van der Waals surface area contributed by atoms with Gasteiger partial charge < -0.3 is 0 Å². The third kappa shape index (κ3) is 6.66. The van der Waals surface area contributed by atoms with E-state index in [2.05, 4.69) is 167 Å². The van der Waals surface area contributed by atoms with E-state index < -0.39 is 33.4 Å². The first-order valence-electron chi connectivity index (χ1n) is 12.1. The SMILES string of the molecule is C1=C\P(c2ccccc2)/C=C\[Si](c2ccccc2)/C=C\P(c2ccccc2)/C=C\[Si]/1c1ccccc1. The zero-order valence-corrected chi connectivity index (χ0v) is 23.8. The van der Waals surface area contributed by atoms with Crippen LogP contribution in [0, 0.1) is 0 Å². The second-order valence-corrected chi connectivity index (χ2v) is 16.6. The molecule has 0 aromatic heterocycles. The first-order valence-corrected chi connectivity index (χ1v) is 18.4. The highest BCUT2D eigenvalue weighted by atomic mass is 31.1. The van der Waals surface area contributed by atoms with Gasteiger partial charge in [0.2, 0.25) is 0 Å². The number of benzene rings is 4. The highest BCUT2D eigenvalue weighted by molar-refractivity contribution is 7.72. The van der Waals surface area contributed by atoms with Crippen LogP contribution < -0.4 is 21.0 Å². The predicted molar refractivity (Wildman–Crippen MR) is 166 cm³/mol. The molecule has 0 fully saturated rings.